The molecule has 0 bridgehead atoms. The first-order valence-electron chi connectivity index (χ1n) is 6.05. The van der Waals surface area contributed by atoms with E-state index in [4.69, 9.17) is 15.6 Å². The van der Waals surface area contributed by atoms with Gasteiger partial charge in [-0.3, -0.25) is 0 Å². The SMILES string of the molecule is CC(C)(C)CCCOc1cc(C(=O)O)ccc1N. The average Bonchev–Trinajstić information content (AvgIpc) is 2.24. The number of ether oxygens (including phenoxy) is 1. The minimum atomic E-state index is -0.977. The van der Waals surface area contributed by atoms with Gasteiger partial charge < -0.3 is 15.6 Å². The van der Waals surface area contributed by atoms with Gasteiger partial charge in [-0.15, -0.1) is 0 Å². The second-order valence-electron chi connectivity index (χ2n) is 5.57. The van der Waals surface area contributed by atoms with Gasteiger partial charge >= 0.3 is 5.97 Å². The first-order chi connectivity index (χ1) is 8.29. The van der Waals surface area contributed by atoms with Crippen LogP contribution < -0.4 is 10.5 Å². The summed E-state index contributed by atoms with van der Waals surface area (Å²) in [5.74, 6) is -0.529. The highest BCUT2D eigenvalue weighted by Crippen LogP contribution is 2.24. The molecular weight excluding hydrogens is 230 g/mol. The maximum absolute atomic E-state index is 10.8. The predicted molar refractivity (Wildman–Crippen MR) is 72.0 cm³/mol. The maximum Gasteiger partial charge on any atom is 0.335 e. The zero-order chi connectivity index (χ0) is 13.8. The van der Waals surface area contributed by atoms with E-state index in [1.54, 1.807) is 6.07 Å². The number of benzene rings is 1. The highest BCUT2D eigenvalue weighted by atomic mass is 16.5. The molecule has 0 unspecified atom stereocenters. The Morgan fingerprint density at radius 2 is 2.06 bits per heavy atom. The fourth-order valence-electron chi connectivity index (χ4n) is 1.58. The smallest absolute Gasteiger partial charge is 0.335 e. The Morgan fingerprint density at radius 1 is 1.39 bits per heavy atom. The van der Waals surface area contributed by atoms with Crippen LogP contribution in [0.5, 0.6) is 5.75 Å². The van der Waals surface area contributed by atoms with Crippen LogP contribution >= 0.6 is 0 Å². The van der Waals surface area contributed by atoms with Crippen LogP contribution in [-0.2, 0) is 0 Å². The van der Waals surface area contributed by atoms with Crippen molar-refractivity contribution in [1.29, 1.82) is 0 Å². The van der Waals surface area contributed by atoms with Gasteiger partial charge in [0, 0.05) is 0 Å². The monoisotopic (exact) mass is 251 g/mol. The van der Waals surface area contributed by atoms with Crippen LogP contribution in [0.4, 0.5) is 5.69 Å². The summed E-state index contributed by atoms with van der Waals surface area (Å²) in [4.78, 5) is 10.8. The second kappa shape index (κ2) is 5.76. The average molecular weight is 251 g/mol. The molecule has 3 N–H and O–H groups in total. The number of hydrogen-bond donors (Lipinski definition) is 2. The summed E-state index contributed by atoms with van der Waals surface area (Å²) in [5.41, 5.74) is 6.67. The van der Waals surface area contributed by atoms with E-state index in [9.17, 15) is 4.79 Å². The summed E-state index contributed by atoms with van der Waals surface area (Å²) in [6.45, 7) is 7.07. The van der Waals surface area contributed by atoms with Gasteiger partial charge in [0.25, 0.3) is 0 Å². The Labute approximate surface area is 108 Å². The van der Waals surface area contributed by atoms with E-state index in [1.807, 2.05) is 0 Å². The number of hydrogen-bond acceptors (Lipinski definition) is 3. The van der Waals surface area contributed by atoms with Crippen LogP contribution in [-0.4, -0.2) is 17.7 Å². The molecule has 0 saturated carbocycles. The fraction of sp³-hybridized carbons (Fsp3) is 0.500. The highest BCUT2D eigenvalue weighted by Gasteiger charge is 2.11. The second-order valence-corrected chi connectivity index (χ2v) is 5.57. The molecular formula is C14H21NO3. The third-order valence-corrected chi connectivity index (χ3v) is 2.59. The van der Waals surface area contributed by atoms with Crippen molar-refractivity contribution in [3.63, 3.8) is 0 Å². The standard InChI is InChI=1S/C14H21NO3/c1-14(2,3)7-4-8-18-12-9-10(13(16)17)5-6-11(12)15/h5-6,9H,4,7-8,15H2,1-3H3,(H,16,17). The molecule has 0 spiro atoms. The molecule has 1 aromatic rings. The van der Waals surface area contributed by atoms with E-state index in [1.165, 1.54) is 12.1 Å². The third-order valence-electron chi connectivity index (χ3n) is 2.59. The van der Waals surface area contributed by atoms with Crippen molar-refractivity contribution in [3.05, 3.63) is 23.8 Å². The first-order valence-corrected chi connectivity index (χ1v) is 6.05. The van der Waals surface area contributed by atoms with Crippen molar-refractivity contribution in [2.24, 2.45) is 5.41 Å². The minimum absolute atomic E-state index is 0.190. The lowest BCUT2D eigenvalue weighted by molar-refractivity contribution is 0.0696. The van der Waals surface area contributed by atoms with E-state index in [0.717, 1.165) is 12.8 Å². The quantitative estimate of drug-likeness (QED) is 0.622. The van der Waals surface area contributed by atoms with Crippen molar-refractivity contribution in [2.75, 3.05) is 12.3 Å². The Morgan fingerprint density at radius 3 is 2.61 bits per heavy atom. The van der Waals surface area contributed by atoms with Crippen molar-refractivity contribution < 1.29 is 14.6 Å². The number of aromatic carboxylic acids is 1. The molecule has 0 saturated heterocycles. The van der Waals surface area contributed by atoms with Gasteiger partial charge in [-0.05, 0) is 36.5 Å². The van der Waals surface area contributed by atoms with Crippen LogP contribution in [0, 0.1) is 5.41 Å². The topological polar surface area (TPSA) is 72.5 Å². The molecule has 0 atom stereocenters. The normalized spacial score (nSPS) is 11.3. The van der Waals surface area contributed by atoms with Crippen molar-refractivity contribution in [1.82, 2.24) is 0 Å². The largest absolute Gasteiger partial charge is 0.491 e. The molecule has 0 heterocycles. The van der Waals surface area contributed by atoms with Crippen molar-refractivity contribution in [2.45, 2.75) is 33.6 Å². The summed E-state index contributed by atoms with van der Waals surface area (Å²) in [6.07, 6.45) is 1.96. The van der Waals surface area contributed by atoms with Gasteiger partial charge in [0.05, 0.1) is 17.9 Å². The Hall–Kier alpha value is -1.71. The van der Waals surface area contributed by atoms with E-state index in [2.05, 4.69) is 20.8 Å². The molecule has 0 radical (unpaired) electrons. The van der Waals surface area contributed by atoms with E-state index in [0.29, 0.717) is 18.0 Å². The van der Waals surface area contributed by atoms with Crippen LogP contribution in [0.2, 0.25) is 0 Å². The highest BCUT2D eigenvalue weighted by molar-refractivity contribution is 5.89. The predicted octanol–water partition coefficient (Wildman–Crippen LogP) is 3.17. The van der Waals surface area contributed by atoms with Crippen LogP contribution in [0.1, 0.15) is 44.0 Å². The van der Waals surface area contributed by atoms with Gasteiger partial charge in [-0.1, -0.05) is 20.8 Å². The molecule has 0 aliphatic carbocycles. The maximum atomic E-state index is 10.8. The number of carboxylic acid groups (broad SMARTS) is 1. The number of anilines is 1. The Balaban J connectivity index is 2.56. The summed E-state index contributed by atoms with van der Waals surface area (Å²) in [7, 11) is 0. The molecule has 0 amide bonds. The molecule has 1 rings (SSSR count). The van der Waals surface area contributed by atoms with Crippen LogP contribution in [0.3, 0.4) is 0 Å². The van der Waals surface area contributed by atoms with Gasteiger partial charge in [-0.2, -0.15) is 0 Å². The summed E-state index contributed by atoms with van der Waals surface area (Å²) < 4.78 is 5.53. The van der Waals surface area contributed by atoms with Gasteiger partial charge in [0.1, 0.15) is 5.75 Å². The van der Waals surface area contributed by atoms with Crippen LogP contribution in [0.25, 0.3) is 0 Å². The van der Waals surface area contributed by atoms with E-state index in [-0.39, 0.29) is 11.0 Å². The first kappa shape index (κ1) is 14.4. The van der Waals surface area contributed by atoms with Gasteiger partial charge in [0.15, 0.2) is 0 Å². The third kappa shape index (κ3) is 4.65. The number of rotatable bonds is 5. The molecule has 0 fully saturated rings. The lowest BCUT2D eigenvalue weighted by atomic mass is 9.91. The number of carbonyl (C=O) groups is 1. The zero-order valence-electron chi connectivity index (χ0n) is 11.2. The van der Waals surface area contributed by atoms with Gasteiger partial charge in [0.2, 0.25) is 0 Å². The summed E-state index contributed by atoms with van der Waals surface area (Å²) in [5, 5.41) is 8.88. The Kier molecular flexibility index (Phi) is 4.59. The van der Waals surface area contributed by atoms with Crippen LogP contribution in [0.15, 0.2) is 18.2 Å². The molecule has 4 nitrogen and oxygen atoms in total. The van der Waals surface area contributed by atoms with Gasteiger partial charge in [-0.25, -0.2) is 4.79 Å². The van der Waals surface area contributed by atoms with Crippen molar-refractivity contribution >= 4 is 11.7 Å². The number of carboxylic acids is 1. The molecule has 18 heavy (non-hydrogen) atoms. The fourth-order valence-corrected chi connectivity index (χ4v) is 1.58. The molecule has 100 valence electrons. The summed E-state index contributed by atoms with van der Waals surface area (Å²) >= 11 is 0. The minimum Gasteiger partial charge on any atom is -0.491 e. The number of nitrogen functional groups attached to an aromatic ring is 1. The molecule has 0 aliphatic rings. The van der Waals surface area contributed by atoms with E-state index >= 15 is 0 Å². The molecule has 0 aliphatic heterocycles. The molecule has 4 heteroatoms. The van der Waals surface area contributed by atoms with E-state index < -0.39 is 5.97 Å². The lowest BCUT2D eigenvalue weighted by Crippen LogP contribution is -2.09. The summed E-state index contributed by atoms with van der Waals surface area (Å²) in [6, 6.07) is 4.50. The van der Waals surface area contributed by atoms with Crippen molar-refractivity contribution in [3.8, 4) is 5.75 Å². The number of nitrogens with two attached hydrogens (primary N) is 1. The lowest BCUT2D eigenvalue weighted by Gasteiger charge is -2.18. The molecule has 1 aromatic carbocycles. The molecule has 0 aromatic heterocycles. The Bertz CT molecular complexity index is 422. The zero-order valence-corrected chi connectivity index (χ0v) is 11.2.